The van der Waals surface area contributed by atoms with Crippen molar-refractivity contribution >= 4 is 46.0 Å². The summed E-state index contributed by atoms with van der Waals surface area (Å²) in [5.41, 5.74) is 0.916. The van der Waals surface area contributed by atoms with Gasteiger partial charge in [-0.3, -0.25) is 4.79 Å². The number of nitrogens with one attached hydrogen (secondary N) is 1. The van der Waals surface area contributed by atoms with Gasteiger partial charge in [0.05, 0.1) is 21.7 Å². The molecule has 0 unspecified atom stereocenters. The first-order valence-corrected chi connectivity index (χ1v) is 8.72. The molecule has 9 heteroatoms. The number of amides is 1. The van der Waals surface area contributed by atoms with E-state index >= 15 is 0 Å². The number of benzene rings is 2. The van der Waals surface area contributed by atoms with Crippen LogP contribution in [0.2, 0.25) is 0 Å². The first kappa shape index (κ1) is 19.3. The predicted molar refractivity (Wildman–Crippen MR) is 102 cm³/mol. The van der Waals surface area contributed by atoms with E-state index in [9.17, 15) is 18.8 Å². The van der Waals surface area contributed by atoms with Crippen LogP contribution in [0.5, 0.6) is 0 Å². The van der Waals surface area contributed by atoms with Crippen LogP contribution in [0.1, 0.15) is 33.2 Å². The lowest BCUT2D eigenvalue weighted by atomic mass is 10.1. The van der Waals surface area contributed by atoms with Crippen LogP contribution >= 0.6 is 11.8 Å². The average molecular weight is 400 g/mol. The number of carbonyl (C=O) groups is 3. The molecule has 0 bridgehead atoms. The second kappa shape index (κ2) is 7.65. The molecule has 142 valence electrons. The minimum Gasteiger partial charge on any atom is -0.478 e. The molecule has 1 fully saturated rings. The first-order chi connectivity index (χ1) is 13.2. The molecule has 28 heavy (non-hydrogen) atoms. The third-order valence-electron chi connectivity index (χ3n) is 3.89. The fourth-order valence-corrected chi connectivity index (χ4v) is 3.39. The smallest absolute Gasteiger partial charge is 0.335 e. The van der Waals surface area contributed by atoms with Crippen molar-refractivity contribution in [3.05, 3.63) is 69.9 Å². The maximum absolute atomic E-state index is 13.1. The lowest BCUT2D eigenvalue weighted by molar-refractivity contribution is -0.115. The zero-order valence-corrected chi connectivity index (χ0v) is 15.2. The molecule has 1 amide bonds. The van der Waals surface area contributed by atoms with Crippen LogP contribution in [0.15, 0.2) is 52.4 Å². The van der Waals surface area contributed by atoms with Crippen molar-refractivity contribution < 1.29 is 29.0 Å². The van der Waals surface area contributed by atoms with E-state index in [0.717, 1.165) is 17.8 Å². The van der Waals surface area contributed by atoms with Crippen LogP contribution in [0.3, 0.4) is 0 Å². The highest BCUT2D eigenvalue weighted by atomic mass is 32.2. The van der Waals surface area contributed by atoms with Crippen LogP contribution in [-0.4, -0.2) is 33.2 Å². The molecule has 0 saturated carbocycles. The average Bonchev–Trinajstić information content (AvgIpc) is 3.01. The van der Waals surface area contributed by atoms with E-state index in [0.29, 0.717) is 16.0 Å². The van der Waals surface area contributed by atoms with Crippen molar-refractivity contribution in [3.63, 3.8) is 0 Å². The molecular weight excluding hydrogens is 387 g/mol. The number of carbonyl (C=O) groups excluding carboxylic acids is 1. The maximum Gasteiger partial charge on any atom is 0.335 e. The van der Waals surface area contributed by atoms with Crippen molar-refractivity contribution in [2.45, 2.75) is 6.92 Å². The normalized spacial score (nSPS) is 16.8. The number of amidine groups is 1. The molecule has 0 atom stereocenters. The molecule has 1 aliphatic rings. The van der Waals surface area contributed by atoms with E-state index in [1.807, 2.05) is 0 Å². The Morgan fingerprint density at radius 2 is 1.57 bits per heavy atom. The van der Waals surface area contributed by atoms with Crippen molar-refractivity contribution in [1.82, 2.24) is 5.32 Å². The van der Waals surface area contributed by atoms with E-state index in [-0.39, 0.29) is 27.8 Å². The van der Waals surface area contributed by atoms with Gasteiger partial charge in [-0.2, -0.15) is 0 Å². The molecule has 7 nitrogen and oxygen atoms in total. The number of carboxylic acid groups (broad SMARTS) is 2. The number of halogens is 1. The first-order valence-electron chi connectivity index (χ1n) is 7.91. The summed E-state index contributed by atoms with van der Waals surface area (Å²) < 4.78 is 13.1. The monoisotopic (exact) mass is 400 g/mol. The number of aromatic carboxylic acids is 2. The number of nitrogens with zero attached hydrogens (tertiary/aromatic N) is 1. The number of hydrogen-bond acceptors (Lipinski definition) is 5. The maximum atomic E-state index is 13.1. The van der Waals surface area contributed by atoms with Gasteiger partial charge in [0, 0.05) is 0 Å². The van der Waals surface area contributed by atoms with Gasteiger partial charge < -0.3 is 15.5 Å². The number of thioether (sulfide) groups is 1. The summed E-state index contributed by atoms with van der Waals surface area (Å²) in [5, 5.41) is 21.0. The van der Waals surface area contributed by atoms with Crippen molar-refractivity contribution in [2.75, 3.05) is 0 Å². The summed E-state index contributed by atoms with van der Waals surface area (Å²) in [6.07, 6.45) is 0. The van der Waals surface area contributed by atoms with E-state index < -0.39 is 17.8 Å². The van der Waals surface area contributed by atoms with E-state index in [1.54, 1.807) is 19.1 Å². The second-order valence-electron chi connectivity index (χ2n) is 5.81. The number of carboxylic acids is 2. The highest BCUT2D eigenvalue weighted by Gasteiger charge is 2.26. The summed E-state index contributed by atoms with van der Waals surface area (Å²) in [6, 6.07) is 9.13. The zero-order chi connectivity index (χ0) is 20.4. The Morgan fingerprint density at radius 1 is 1.00 bits per heavy atom. The molecule has 0 spiro atoms. The number of aliphatic imine (C=N–C) groups is 1. The standard InChI is InChI=1S/C19H13FN2O5S/c1-9(10-2-4-13(20)5-3-10)15-16(23)22-19(28-15)21-14-7-11(17(24)25)6-12(8-14)18(26)27/h2-8H,1H3,(H,24,25)(H,26,27)(H,21,22,23)/b15-9-. The van der Waals surface area contributed by atoms with Gasteiger partial charge in [-0.15, -0.1) is 0 Å². The minimum absolute atomic E-state index is 0.0841. The molecule has 1 heterocycles. The molecule has 0 aromatic heterocycles. The highest BCUT2D eigenvalue weighted by molar-refractivity contribution is 8.18. The summed E-state index contributed by atoms with van der Waals surface area (Å²) >= 11 is 1.03. The molecule has 3 rings (SSSR count). The Morgan fingerprint density at radius 3 is 2.11 bits per heavy atom. The van der Waals surface area contributed by atoms with Crippen LogP contribution in [0.25, 0.3) is 5.57 Å². The quantitative estimate of drug-likeness (QED) is 0.677. The third-order valence-corrected chi connectivity index (χ3v) is 4.97. The van der Waals surface area contributed by atoms with Gasteiger partial charge in [0.1, 0.15) is 5.82 Å². The van der Waals surface area contributed by atoms with Crippen LogP contribution in [0.4, 0.5) is 10.1 Å². The summed E-state index contributed by atoms with van der Waals surface area (Å²) in [4.78, 5) is 39.2. The Bertz CT molecular complexity index is 1030. The Balaban J connectivity index is 1.96. The fraction of sp³-hybridized carbons (Fsp3) is 0.0526. The highest BCUT2D eigenvalue weighted by Crippen LogP contribution is 2.33. The lowest BCUT2D eigenvalue weighted by Gasteiger charge is -2.03. The number of allylic oxidation sites excluding steroid dienone is 1. The van der Waals surface area contributed by atoms with Crippen molar-refractivity contribution in [2.24, 2.45) is 4.99 Å². The topological polar surface area (TPSA) is 116 Å². The zero-order valence-electron chi connectivity index (χ0n) is 14.4. The summed E-state index contributed by atoms with van der Waals surface area (Å²) in [6.45, 7) is 1.71. The summed E-state index contributed by atoms with van der Waals surface area (Å²) in [7, 11) is 0. The Hall–Kier alpha value is -3.46. The fourth-order valence-electron chi connectivity index (χ4n) is 2.49. The molecule has 0 radical (unpaired) electrons. The van der Waals surface area contributed by atoms with Crippen molar-refractivity contribution in [3.8, 4) is 0 Å². The van der Waals surface area contributed by atoms with Gasteiger partial charge in [-0.05, 0) is 60.2 Å². The predicted octanol–water partition coefficient (Wildman–Crippen LogP) is 3.50. The van der Waals surface area contributed by atoms with Crippen LogP contribution in [0, 0.1) is 5.82 Å². The number of rotatable bonds is 4. The lowest BCUT2D eigenvalue weighted by Crippen LogP contribution is -2.19. The largest absolute Gasteiger partial charge is 0.478 e. The van der Waals surface area contributed by atoms with Crippen molar-refractivity contribution in [1.29, 1.82) is 0 Å². The molecule has 3 N–H and O–H groups in total. The Labute approximate surface area is 162 Å². The van der Waals surface area contributed by atoms with Gasteiger partial charge in [0.25, 0.3) is 5.91 Å². The third kappa shape index (κ3) is 4.09. The molecule has 0 aliphatic carbocycles. The second-order valence-corrected chi connectivity index (χ2v) is 6.81. The number of hydrogen-bond donors (Lipinski definition) is 3. The van der Waals surface area contributed by atoms with E-state index in [4.69, 9.17) is 10.2 Å². The molecular formula is C19H13FN2O5S. The van der Waals surface area contributed by atoms with Crippen LogP contribution < -0.4 is 5.32 Å². The van der Waals surface area contributed by atoms with Gasteiger partial charge in [0.15, 0.2) is 5.17 Å². The molecule has 1 saturated heterocycles. The van der Waals surface area contributed by atoms with Crippen LogP contribution in [-0.2, 0) is 4.79 Å². The minimum atomic E-state index is -1.29. The van der Waals surface area contributed by atoms with Gasteiger partial charge in [-0.1, -0.05) is 12.1 Å². The van der Waals surface area contributed by atoms with E-state index in [2.05, 4.69) is 10.3 Å². The SMILES string of the molecule is C/C(=C1/SC(=Nc2cc(C(=O)O)cc(C(=O)O)c2)NC1=O)c1ccc(F)cc1. The Kier molecular flexibility index (Phi) is 5.27. The molecule has 1 aliphatic heterocycles. The molecule has 2 aromatic carbocycles. The van der Waals surface area contributed by atoms with Gasteiger partial charge in [0.2, 0.25) is 0 Å². The van der Waals surface area contributed by atoms with Gasteiger partial charge >= 0.3 is 11.9 Å². The van der Waals surface area contributed by atoms with Gasteiger partial charge in [-0.25, -0.2) is 19.0 Å². The van der Waals surface area contributed by atoms with E-state index in [1.165, 1.54) is 24.3 Å². The molecule has 2 aromatic rings. The summed E-state index contributed by atoms with van der Waals surface area (Å²) in [5.74, 6) is -3.38.